The Bertz CT molecular complexity index is 320. The second-order valence-electron chi connectivity index (χ2n) is 2.01. The lowest BCUT2D eigenvalue weighted by Crippen LogP contribution is -2.33. The van der Waals surface area contributed by atoms with Crippen LogP contribution in [-0.4, -0.2) is 17.6 Å². The smallest absolute Gasteiger partial charge is 0.326 e. The molecule has 1 aromatic rings. The maximum atomic E-state index is 11.0. The predicted molar refractivity (Wildman–Crippen MR) is 47.4 cm³/mol. The number of carbonyl (C=O) groups is 1. The predicted octanol–water partition coefficient (Wildman–Crippen LogP) is 0.577. The maximum Gasteiger partial charge on any atom is 0.326 e. The zero-order chi connectivity index (χ0) is 8.27. The van der Waals surface area contributed by atoms with Gasteiger partial charge in [0.05, 0.1) is 0 Å². The minimum absolute atomic E-state index is 0. The fourth-order valence-electron chi connectivity index (χ4n) is 0.741. The van der Waals surface area contributed by atoms with Crippen LogP contribution in [0.2, 0.25) is 0 Å². The van der Waals surface area contributed by atoms with Gasteiger partial charge in [-0.1, -0.05) is 6.07 Å². The van der Waals surface area contributed by atoms with Crippen LogP contribution >= 0.6 is 12.4 Å². The molecule has 0 bridgehead atoms. The zero-order valence-corrected chi connectivity index (χ0v) is 7.39. The number of nitrogens with zero attached hydrogens (tertiary/aromatic N) is 1. The Balaban J connectivity index is 0.00000121. The van der Waals surface area contributed by atoms with Crippen molar-refractivity contribution in [1.82, 2.24) is 9.88 Å². The van der Waals surface area contributed by atoms with Crippen molar-refractivity contribution < 1.29 is 4.79 Å². The van der Waals surface area contributed by atoms with Crippen molar-refractivity contribution in [1.29, 1.82) is 5.41 Å². The van der Waals surface area contributed by atoms with Gasteiger partial charge in [0.1, 0.15) is 5.49 Å². The molecule has 0 fully saturated rings. The van der Waals surface area contributed by atoms with Crippen LogP contribution in [0.4, 0.5) is 4.79 Å². The first-order valence-electron chi connectivity index (χ1n) is 3.20. The Morgan fingerprint density at radius 3 is 2.75 bits per heavy atom. The molecule has 4 nitrogen and oxygen atoms in total. The Morgan fingerprint density at radius 2 is 2.25 bits per heavy atom. The third-order valence-electron chi connectivity index (χ3n) is 1.29. The number of rotatable bonds is 0. The molecule has 66 valence electrons. The van der Waals surface area contributed by atoms with E-state index in [9.17, 15) is 4.79 Å². The second-order valence-corrected chi connectivity index (χ2v) is 2.01. The maximum absolute atomic E-state index is 11.0. The fourth-order valence-corrected chi connectivity index (χ4v) is 0.741. The highest BCUT2D eigenvalue weighted by Gasteiger charge is 1.97. The molecule has 0 aliphatic heterocycles. The highest BCUT2D eigenvalue weighted by atomic mass is 35.5. The first-order valence-corrected chi connectivity index (χ1v) is 3.20. The molecule has 1 heterocycles. The molecule has 0 spiro atoms. The Hall–Kier alpha value is -1.29. The van der Waals surface area contributed by atoms with Gasteiger partial charge in [0.2, 0.25) is 0 Å². The summed E-state index contributed by atoms with van der Waals surface area (Å²) in [5, 5.41) is 9.73. The summed E-state index contributed by atoms with van der Waals surface area (Å²) in [6, 6.07) is 4.67. The van der Waals surface area contributed by atoms with Crippen LogP contribution < -0.4 is 10.8 Å². The number of aromatic nitrogens is 1. The number of halogens is 1. The van der Waals surface area contributed by atoms with Gasteiger partial charge in [0.25, 0.3) is 0 Å². The number of pyridine rings is 1. The Morgan fingerprint density at radius 1 is 1.58 bits per heavy atom. The largest absolute Gasteiger partial charge is 0.340 e. The number of nitrogens with one attached hydrogen (secondary N) is 2. The van der Waals surface area contributed by atoms with Gasteiger partial charge in [-0.2, -0.15) is 0 Å². The number of hydrogen-bond acceptors (Lipinski definition) is 2. The molecule has 2 N–H and O–H groups in total. The van der Waals surface area contributed by atoms with Crippen LogP contribution in [0, 0.1) is 5.41 Å². The average molecular weight is 188 g/mol. The average Bonchev–Trinajstić information content (AvgIpc) is 2.04. The first-order chi connectivity index (χ1) is 5.25. The molecule has 0 atom stereocenters. The van der Waals surface area contributed by atoms with E-state index in [0.29, 0.717) is 0 Å². The van der Waals surface area contributed by atoms with Crippen LogP contribution in [-0.2, 0) is 0 Å². The summed E-state index contributed by atoms with van der Waals surface area (Å²) >= 11 is 0. The van der Waals surface area contributed by atoms with Crippen molar-refractivity contribution >= 4 is 18.4 Å². The summed E-state index contributed by atoms with van der Waals surface area (Å²) in [4.78, 5) is 11.0. The van der Waals surface area contributed by atoms with Crippen LogP contribution in [0.5, 0.6) is 0 Å². The zero-order valence-electron chi connectivity index (χ0n) is 6.57. The fraction of sp³-hybridized carbons (Fsp3) is 0.143. The van der Waals surface area contributed by atoms with E-state index in [1.54, 1.807) is 24.4 Å². The van der Waals surface area contributed by atoms with Gasteiger partial charge in [0, 0.05) is 13.2 Å². The Labute approximate surface area is 76.1 Å². The number of carbonyl (C=O) groups excluding carboxylic acids is 1. The molecule has 0 aromatic carbocycles. The lowest BCUT2D eigenvalue weighted by atomic mass is 10.5. The molecule has 0 aliphatic carbocycles. The molecular formula is C7H10ClN3O. The molecule has 0 radical (unpaired) electrons. The summed E-state index contributed by atoms with van der Waals surface area (Å²) in [6.45, 7) is 0. The molecule has 12 heavy (non-hydrogen) atoms. The Kier molecular flexibility index (Phi) is 4.07. The lowest BCUT2D eigenvalue weighted by Gasteiger charge is -2.01. The molecule has 5 heteroatoms. The summed E-state index contributed by atoms with van der Waals surface area (Å²) in [5.74, 6) is 0. The third-order valence-corrected chi connectivity index (χ3v) is 1.29. The quantitative estimate of drug-likeness (QED) is 0.613. The van der Waals surface area contributed by atoms with Gasteiger partial charge in [-0.05, 0) is 12.1 Å². The summed E-state index contributed by atoms with van der Waals surface area (Å²) in [5.41, 5.74) is 0.173. The van der Waals surface area contributed by atoms with Gasteiger partial charge in [-0.3, -0.25) is 9.98 Å². The third kappa shape index (κ3) is 2.10. The molecule has 1 aromatic heterocycles. The van der Waals surface area contributed by atoms with Crippen LogP contribution in [0.25, 0.3) is 0 Å². The van der Waals surface area contributed by atoms with E-state index >= 15 is 0 Å². The van der Waals surface area contributed by atoms with Crippen LogP contribution in [0.1, 0.15) is 0 Å². The summed E-state index contributed by atoms with van der Waals surface area (Å²) < 4.78 is 1.22. The van der Waals surface area contributed by atoms with Crippen molar-refractivity contribution in [3.8, 4) is 0 Å². The molecular weight excluding hydrogens is 178 g/mol. The monoisotopic (exact) mass is 187 g/mol. The van der Waals surface area contributed by atoms with Gasteiger partial charge in [0.15, 0.2) is 0 Å². The second kappa shape index (κ2) is 4.56. The van der Waals surface area contributed by atoms with E-state index in [1.807, 2.05) is 0 Å². The van der Waals surface area contributed by atoms with E-state index in [1.165, 1.54) is 11.6 Å². The van der Waals surface area contributed by atoms with E-state index < -0.39 is 0 Å². The van der Waals surface area contributed by atoms with Crippen molar-refractivity contribution in [2.75, 3.05) is 7.05 Å². The molecule has 0 saturated heterocycles. The summed E-state index contributed by atoms with van der Waals surface area (Å²) in [7, 11) is 1.53. The summed E-state index contributed by atoms with van der Waals surface area (Å²) in [6.07, 6.45) is 1.54. The van der Waals surface area contributed by atoms with Gasteiger partial charge in [-0.15, -0.1) is 12.4 Å². The number of hydrogen-bond donors (Lipinski definition) is 2. The van der Waals surface area contributed by atoms with Gasteiger partial charge in [-0.25, -0.2) is 4.79 Å². The molecule has 0 unspecified atom stereocenters. The van der Waals surface area contributed by atoms with Crippen molar-refractivity contribution in [2.24, 2.45) is 0 Å². The van der Waals surface area contributed by atoms with Crippen LogP contribution in [0.15, 0.2) is 24.4 Å². The topological polar surface area (TPSA) is 57.9 Å². The van der Waals surface area contributed by atoms with Gasteiger partial charge >= 0.3 is 6.03 Å². The lowest BCUT2D eigenvalue weighted by molar-refractivity contribution is 0.243. The van der Waals surface area contributed by atoms with E-state index in [4.69, 9.17) is 5.41 Å². The van der Waals surface area contributed by atoms with E-state index in [-0.39, 0.29) is 23.9 Å². The highest BCUT2D eigenvalue weighted by Crippen LogP contribution is 1.79. The SMILES string of the molecule is CNC(=O)n1ccccc1=N.Cl. The van der Waals surface area contributed by atoms with Crippen LogP contribution in [0.3, 0.4) is 0 Å². The normalized spacial score (nSPS) is 8.42. The van der Waals surface area contributed by atoms with Crippen molar-refractivity contribution in [3.05, 3.63) is 29.9 Å². The first kappa shape index (κ1) is 10.7. The number of amides is 1. The van der Waals surface area contributed by atoms with Gasteiger partial charge < -0.3 is 5.32 Å². The molecule has 0 aliphatic rings. The minimum atomic E-state index is -0.296. The molecule has 1 amide bonds. The standard InChI is InChI=1S/C7H9N3O.ClH/c1-9-7(11)10-5-3-2-4-6(10)8;/h2-5,8H,1H3,(H,9,11);1H. The minimum Gasteiger partial charge on any atom is -0.340 e. The van der Waals surface area contributed by atoms with Crippen molar-refractivity contribution in [3.63, 3.8) is 0 Å². The van der Waals surface area contributed by atoms with E-state index in [2.05, 4.69) is 5.32 Å². The molecule has 1 rings (SSSR count). The van der Waals surface area contributed by atoms with E-state index in [0.717, 1.165) is 0 Å². The van der Waals surface area contributed by atoms with Crippen molar-refractivity contribution in [2.45, 2.75) is 0 Å². The molecule has 0 saturated carbocycles. The highest BCUT2D eigenvalue weighted by molar-refractivity contribution is 5.85.